The van der Waals surface area contributed by atoms with Gasteiger partial charge in [0.2, 0.25) is 0 Å². The number of hydrogen-bond donors (Lipinski definition) is 1. The van der Waals surface area contributed by atoms with Gasteiger partial charge in [0.15, 0.2) is 11.4 Å². The van der Waals surface area contributed by atoms with Crippen molar-refractivity contribution < 1.29 is 14.6 Å². The number of aryl methyl sites for hydroxylation is 1. The second kappa shape index (κ2) is 7.90. The lowest BCUT2D eigenvalue weighted by Crippen LogP contribution is -2.34. The Morgan fingerprint density at radius 3 is 2.48 bits per heavy atom. The number of rotatable bonds is 3. The van der Waals surface area contributed by atoms with Crippen LogP contribution in [-0.2, 0) is 9.53 Å². The molecule has 2 aromatic rings. The summed E-state index contributed by atoms with van der Waals surface area (Å²) in [7, 11) is 0. The minimum atomic E-state index is -0.841. The van der Waals surface area contributed by atoms with Crippen LogP contribution in [0.4, 0.5) is 5.69 Å². The summed E-state index contributed by atoms with van der Waals surface area (Å²) in [6, 6.07) is 12.3. The lowest BCUT2D eigenvalue weighted by atomic mass is 9.82. The number of carbonyl (C=O) groups is 1. The van der Waals surface area contributed by atoms with Crippen molar-refractivity contribution in [3.8, 4) is 11.1 Å². The van der Waals surface area contributed by atoms with Crippen LogP contribution in [0.15, 0.2) is 42.2 Å². The summed E-state index contributed by atoms with van der Waals surface area (Å²) in [5.74, 6) is -0.359. The predicted molar refractivity (Wildman–Crippen MR) is 125 cm³/mol. The quantitative estimate of drug-likeness (QED) is 0.561. The van der Waals surface area contributed by atoms with Gasteiger partial charge in [0.1, 0.15) is 5.57 Å². The standard InChI is InChI=1S/C26H28ClNO3/c1-17-14-21(18-8-7-9-19(15-18)28-12-5-6-13-28)22(27)16-20(17)23-24(29)26(31-25(23)30)10-3-2-4-11-26/h7-9,14-16,29H,2-6,10-13H2,1H3. The number of nitrogens with zero attached hydrogens (tertiary/aromatic N) is 1. The summed E-state index contributed by atoms with van der Waals surface area (Å²) >= 11 is 6.73. The average Bonchev–Trinajstić information content (AvgIpc) is 3.38. The molecular weight excluding hydrogens is 410 g/mol. The van der Waals surface area contributed by atoms with Gasteiger partial charge in [-0.25, -0.2) is 4.79 Å². The molecule has 1 saturated heterocycles. The Morgan fingerprint density at radius 1 is 1.00 bits per heavy atom. The molecule has 1 N–H and O–H groups in total. The molecule has 0 radical (unpaired) electrons. The van der Waals surface area contributed by atoms with Gasteiger partial charge in [-0.2, -0.15) is 0 Å². The predicted octanol–water partition coefficient (Wildman–Crippen LogP) is 6.44. The number of ether oxygens (including phenoxy) is 1. The fourth-order valence-electron chi connectivity index (χ4n) is 5.32. The third kappa shape index (κ3) is 3.51. The number of benzene rings is 2. The molecule has 1 aliphatic carbocycles. The van der Waals surface area contributed by atoms with Crippen LogP contribution in [0, 0.1) is 6.92 Å². The number of aliphatic hydroxyl groups excluding tert-OH is 1. The van der Waals surface area contributed by atoms with Gasteiger partial charge in [0.25, 0.3) is 0 Å². The van der Waals surface area contributed by atoms with Crippen molar-refractivity contribution in [2.75, 3.05) is 18.0 Å². The van der Waals surface area contributed by atoms with Crippen molar-refractivity contribution in [1.29, 1.82) is 0 Å². The number of carbonyl (C=O) groups excluding carboxylic acids is 1. The van der Waals surface area contributed by atoms with E-state index < -0.39 is 11.6 Å². The maximum absolute atomic E-state index is 12.8. The summed E-state index contributed by atoms with van der Waals surface area (Å²) in [6.07, 6.45) is 6.85. The zero-order valence-electron chi connectivity index (χ0n) is 17.9. The molecule has 5 rings (SSSR count). The van der Waals surface area contributed by atoms with Crippen LogP contribution in [0.1, 0.15) is 56.1 Å². The molecule has 0 unspecified atom stereocenters. The van der Waals surface area contributed by atoms with Crippen molar-refractivity contribution in [2.45, 2.75) is 57.5 Å². The van der Waals surface area contributed by atoms with E-state index in [1.165, 1.54) is 18.5 Å². The SMILES string of the molecule is Cc1cc(-c2cccc(N3CCCC3)c2)c(Cl)cc1C1=C(O)C2(CCCCC2)OC1=O. The van der Waals surface area contributed by atoms with Crippen molar-refractivity contribution in [3.05, 3.63) is 58.3 Å². The van der Waals surface area contributed by atoms with Crippen LogP contribution in [0.3, 0.4) is 0 Å². The third-order valence-corrected chi connectivity index (χ3v) is 7.35. The molecule has 5 heteroatoms. The largest absolute Gasteiger partial charge is 0.507 e. The number of halogens is 1. The minimum absolute atomic E-state index is 0.0835. The lowest BCUT2D eigenvalue weighted by Gasteiger charge is -2.31. The highest BCUT2D eigenvalue weighted by atomic mass is 35.5. The van der Waals surface area contributed by atoms with E-state index in [9.17, 15) is 9.90 Å². The van der Waals surface area contributed by atoms with E-state index in [-0.39, 0.29) is 11.3 Å². The molecule has 2 fully saturated rings. The Hall–Kier alpha value is -2.46. The van der Waals surface area contributed by atoms with Crippen LogP contribution in [0.2, 0.25) is 5.02 Å². The van der Waals surface area contributed by atoms with E-state index in [0.29, 0.717) is 23.4 Å². The van der Waals surface area contributed by atoms with E-state index in [2.05, 4.69) is 29.2 Å². The van der Waals surface area contributed by atoms with Crippen molar-refractivity contribution in [2.24, 2.45) is 0 Å². The minimum Gasteiger partial charge on any atom is -0.507 e. The van der Waals surface area contributed by atoms with Crippen molar-refractivity contribution in [1.82, 2.24) is 0 Å². The summed E-state index contributed by atoms with van der Waals surface area (Å²) in [6.45, 7) is 4.14. The molecule has 1 saturated carbocycles. The summed E-state index contributed by atoms with van der Waals surface area (Å²) < 4.78 is 5.74. The van der Waals surface area contributed by atoms with E-state index in [1.54, 1.807) is 0 Å². The molecule has 162 valence electrons. The Balaban J connectivity index is 1.53. The van der Waals surface area contributed by atoms with Crippen LogP contribution < -0.4 is 4.90 Å². The highest BCUT2D eigenvalue weighted by Crippen LogP contribution is 2.46. The van der Waals surface area contributed by atoms with E-state index in [4.69, 9.17) is 16.3 Å². The van der Waals surface area contributed by atoms with Crippen molar-refractivity contribution >= 4 is 28.8 Å². The van der Waals surface area contributed by atoms with Gasteiger partial charge in [0, 0.05) is 29.4 Å². The van der Waals surface area contributed by atoms with Crippen LogP contribution in [0.25, 0.3) is 16.7 Å². The smallest absolute Gasteiger partial charge is 0.343 e. The number of esters is 1. The first kappa shape index (κ1) is 20.4. The number of anilines is 1. The highest BCUT2D eigenvalue weighted by molar-refractivity contribution is 6.34. The Kier molecular flexibility index (Phi) is 5.21. The van der Waals surface area contributed by atoms with E-state index in [0.717, 1.165) is 49.0 Å². The molecule has 0 aromatic heterocycles. The summed E-state index contributed by atoms with van der Waals surface area (Å²) in [4.78, 5) is 15.2. The Morgan fingerprint density at radius 2 is 1.74 bits per heavy atom. The molecule has 2 heterocycles. The average molecular weight is 438 g/mol. The van der Waals surface area contributed by atoms with Gasteiger partial charge in [0.05, 0.1) is 0 Å². The first-order chi connectivity index (χ1) is 15.0. The monoisotopic (exact) mass is 437 g/mol. The zero-order valence-corrected chi connectivity index (χ0v) is 18.7. The molecule has 0 amide bonds. The molecule has 1 spiro atoms. The first-order valence-electron chi connectivity index (χ1n) is 11.3. The molecule has 31 heavy (non-hydrogen) atoms. The molecular formula is C26H28ClNO3. The molecule has 3 aliphatic rings. The van der Waals surface area contributed by atoms with Gasteiger partial charge in [-0.15, -0.1) is 0 Å². The Bertz CT molecular complexity index is 1060. The lowest BCUT2D eigenvalue weighted by molar-refractivity contribution is -0.149. The Labute approximate surface area is 188 Å². The van der Waals surface area contributed by atoms with Crippen LogP contribution in [-0.4, -0.2) is 29.8 Å². The van der Waals surface area contributed by atoms with Crippen LogP contribution in [0.5, 0.6) is 0 Å². The van der Waals surface area contributed by atoms with Crippen molar-refractivity contribution in [3.63, 3.8) is 0 Å². The summed E-state index contributed by atoms with van der Waals surface area (Å²) in [5, 5.41) is 11.6. The van der Waals surface area contributed by atoms with Gasteiger partial charge in [-0.1, -0.05) is 30.2 Å². The topological polar surface area (TPSA) is 49.8 Å². The third-order valence-electron chi connectivity index (χ3n) is 7.03. The van der Waals surface area contributed by atoms with Gasteiger partial charge in [-0.05, 0) is 86.4 Å². The number of aliphatic hydroxyl groups is 1. The fraction of sp³-hybridized carbons (Fsp3) is 0.423. The highest BCUT2D eigenvalue weighted by Gasteiger charge is 2.49. The van der Waals surface area contributed by atoms with E-state index in [1.807, 2.05) is 19.1 Å². The summed E-state index contributed by atoms with van der Waals surface area (Å²) in [5.41, 5.74) is 4.20. The second-order valence-corrected chi connectivity index (χ2v) is 9.47. The number of hydrogen-bond acceptors (Lipinski definition) is 4. The first-order valence-corrected chi connectivity index (χ1v) is 11.7. The molecule has 0 bridgehead atoms. The van der Waals surface area contributed by atoms with E-state index >= 15 is 0 Å². The molecule has 4 nitrogen and oxygen atoms in total. The zero-order chi connectivity index (χ0) is 21.6. The molecule has 0 atom stereocenters. The maximum Gasteiger partial charge on any atom is 0.343 e. The maximum atomic E-state index is 12.8. The second-order valence-electron chi connectivity index (χ2n) is 9.06. The normalized spacial score (nSPS) is 20.6. The molecule has 2 aliphatic heterocycles. The van der Waals surface area contributed by atoms with Gasteiger partial charge >= 0.3 is 5.97 Å². The van der Waals surface area contributed by atoms with Gasteiger partial charge in [-0.3, -0.25) is 0 Å². The molecule has 2 aromatic carbocycles. The fourth-order valence-corrected chi connectivity index (χ4v) is 5.59. The van der Waals surface area contributed by atoms with Crippen LogP contribution >= 0.6 is 11.6 Å². The van der Waals surface area contributed by atoms with Gasteiger partial charge < -0.3 is 14.7 Å².